The Bertz CT molecular complexity index is 379. The molecule has 0 aromatic carbocycles. The molecule has 4 heteroatoms. The van der Waals surface area contributed by atoms with Gasteiger partial charge in [-0.25, -0.2) is 9.97 Å². The van der Waals surface area contributed by atoms with Crippen LogP contribution in [0.5, 0.6) is 0 Å². The van der Waals surface area contributed by atoms with Crippen molar-refractivity contribution in [3.63, 3.8) is 0 Å². The summed E-state index contributed by atoms with van der Waals surface area (Å²) in [6.07, 6.45) is 3.42. The molecule has 2 rings (SSSR count). The molecular weight excluding hydrogens is 196 g/mol. The molecule has 0 atom stereocenters. The molecule has 0 aliphatic rings. The van der Waals surface area contributed by atoms with Crippen LogP contribution in [0.3, 0.4) is 0 Å². The number of thiazole rings is 1. The van der Waals surface area contributed by atoms with Gasteiger partial charge in [-0.1, -0.05) is 0 Å². The molecule has 0 radical (unpaired) electrons. The smallest absolute Gasteiger partial charge is 0.194 e. The lowest BCUT2D eigenvalue weighted by atomic mass is 10.2. The molecule has 3 nitrogen and oxygen atoms in total. The number of oxazole rings is 1. The van der Waals surface area contributed by atoms with E-state index in [4.69, 9.17) is 4.42 Å². The van der Waals surface area contributed by atoms with Gasteiger partial charge in [0.05, 0.1) is 16.4 Å². The quantitative estimate of drug-likeness (QED) is 0.778. The maximum Gasteiger partial charge on any atom is 0.194 e. The standard InChI is InChI=1S/C10H12N2OS/c1-7-5-13-10(11-7)4-3-9-6-14-8(2)12-9/h5-6H,3-4H2,1-2H3. The van der Waals surface area contributed by atoms with Crippen LogP contribution in [0.15, 0.2) is 16.1 Å². The summed E-state index contributed by atoms with van der Waals surface area (Å²) >= 11 is 1.68. The number of nitrogens with zero attached hydrogens (tertiary/aromatic N) is 2. The van der Waals surface area contributed by atoms with E-state index >= 15 is 0 Å². The van der Waals surface area contributed by atoms with Gasteiger partial charge in [0.2, 0.25) is 0 Å². The monoisotopic (exact) mass is 208 g/mol. The minimum atomic E-state index is 0.799. The maximum absolute atomic E-state index is 5.26. The van der Waals surface area contributed by atoms with Gasteiger partial charge in [0.15, 0.2) is 5.89 Å². The Balaban J connectivity index is 1.94. The van der Waals surface area contributed by atoms with Gasteiger partial charge < -0.3 is 4.42 Å². The van der Waals surface area contributed by atoms with Crippen molar-refractivity contribution < 1.29 is 4.42 Å². The van der Waals surface area contributed by atoms with E-state index < -0.39 is 0 Å². The molecule has 14 heavy (non-hydrogen) atoms. The van der Waals surface area contributed by atoms with Crippen molar-refractivity contribution in [1.29, 1.82) is 0 Å². The fraction of sp³-hybridized carbons (Fsp3) is 0.400. The van der Waals surface area contributed by atoms with Crippen molar-refractivity contribution in [2.24, 2.45) is 0 Å². The molecule has 2 heterocycles. The van der Waals surface area contributed by atoms with Gasteiger partial charge in [-0.15, -0.1) is 11.3 Å². The predicted octanol–water partition coefficient (Wildman–Crippen LogP) is 2.53. The van der Waals surface area contributed by atoms with Crippen LogP contribution in [-0.2, 0) is 12.8 Å². The second-order valence-corrected chi connectivity index (χ2v) is 4.30. The fourth-order valence-electron chi connectivity index (χ4n) is 1.28. The molecule has 0 N–H and O–H groups in total. The average Bonchev–Trinajstić information content (AvgIpc) is 2.72. The molecule has 0 unspecified atom stereocenters. The fourth-order valence-corrected chi connectivity index (χ4v) is 1.92. The summed E-state index contributed by atoms with van der Waals surface area (Å²) in [4.78, 5) is 8.62. The highest BCUT2D eigenvalue weighted by Crippen LogP contribution is 2.11. The molecule has 0 aliphatic carbocycles. The summed E-state index contributed by atoms with van der Waals surface area (Å²) in [6, 6.07) is 0. The number of hydrogen-bond acceptors (Lipinski definition) is 4. The summed E-state index contributed by atoms with van der Waals surface area (Å²) in [6.45, 7) is 3.95. The van der Waals surface area contributed by atoms with Gasteiger partial charge >= 0.3 is 0 Å². The molecule has 0 bridgehead atoms. The van der Waals surface area contributed by atoms with Crippen LogP contribution in [0, 0.1) is 13.8 Å². The number of rotatable bonds is 3. The first-order chi connectivity index (χ1) is 6.74. The van der Waals surface area contributed by atoms with Crippen LogP contribution in [0.4, 0.5) is 0 Å². The summed E-state index contributed by atoms with van der Waals surface area (Å²) in [7, 11) is 0. The van der Waals surface area contributed by atoms with Crippen LogP contribution in [-0.4, -0.2) is 9.97 Å². The molecule has 0 amide bonds. The highest BCUT2D eigenvalue weighted by atomic mass is 32.1. The zero-order valence-electron chi connectivity index (χ0n) is 8.28. The van der Waals surface area contributed by atoms with Crippen LogP contribution in [0.25, 0.3) is 0 Å². The Kier molecular flexibility index (Phi) is 2.63. The molecular formula is C10H12N2OS. The summed E-state index contributed by atoms with van der Waals surface area (Å²) in [5, 5.41) is 3.20. The van der Waals surface area contributed by atoms with E-state index in [0.717, 1.165) is 35.1 Å². The summed E-state index contributed by atoms with van der Waals surface area (Å²) < 4.78 is 5.26. The van der Waals surface area contributed by atoms with Crippen LogP contribution < -0.4 is 0 Å². The van der Waals surface area contributed by atoms with Crippen molar-refractivity contribution in [3.8, 4) is 0 Å². The van der Waals surface area contributed by atoms with Gasteiger partial charge in [0.25, 0.3) is 0 Å². The SMILES string of the molecule is Cc1coc(CCc2csc(C)n2)n1. The largest absolute Gasteiger partial charge is 0.449 e. The number of hydrogen-bond donors (Lipinski definition) is 0. The number of aryl methyl sites for hydroxylation is 4. The minimum Gasteiger partial charge on any atom is -0.449 e. The first-order valence-corrected chi connectivity index (χ1v) is 5.44. The van der Waals surface area contributed by atoms with E-state index in [0.29, 0.717) is 0 Å². The lowest BCUT2D eigenvalue weighted by Crippen LogP contribution is -1.92. The lowest BCUT2D eigenvalue weighted by Gasteiger charge is -1.91. The Morgan fingerprint density at radius 1 is 1.29 bits per heavy atom. The third kappa shape index (κ3) is 2.20. The highest BCUT2D eigenvalue weighted by molar-refractivity contribution is 7.09. The molecule has 74 valence electrons. The Labute approximate surface area is 86.8 Å². The zero-order chi connectivity index (χ0) is 9.97. The van der Waals surface area contributed by atoms with Gasteiger partial charge in [-0.3, -0.25) is 0 Å². The first kappa shape index (κ1) is 9.40. The van der Waals surface area contributed by atoms with E-state index in [1.165, 1.54) is 0 Å². The topological polar surface area (TPSA) is 38.9 Å². The van der Waals surface area contributed by atoms with Crippen molar-refractivity contribution in [2.75, 3.05) is 0 Å². The van der Waals surface area contributed by atoms with Crippen molar-refractivity contribution in [3.05, 3.63) is 33.9 Å². The molecule has 2 aromatic rings. The van der Waals surface area contributed by atoms with E-state index in [-0.39, 0.29) is 0 Å². The van der Waals surface area contributed by atoms with Gasteiger partial charge in [-0.05, 0) is 20.3 Å². The first-order valence-electron chi connectivity index (χ1n) is 4.56. The Hall–Kier alpha value is -1.16. The Morgan fingerprint density at radius 2 is 2.14 bits per heavy atom. The molecule has 0 spiro atoms. The van der Waals surface area contributed by atoms with E-state index in [1.54, 1.807) is 17.6 Å². The van der Waals surface area contributed by atoms with E-state index in [9.17, 15) is 0 Å². The lowest BCUT2D eigenvalue weighted by molar-refractivity contribution is 0.492. The molecule has 0 fully saturated rings. The van der Waals surface area contributed by atoms with Crippen molar-refractivity contribution in [2.45, 2.75) is 26.7 Å². The van der Waals surface area contributed by atoms with Crippen molar-refractivity contribution >= 4 is 11.3 Å². The van der Waals surface area contributed by atoms with E-state index in [2.05, 4.69) is 15.3 Å². The van der Waals surface area contributed by atoms with Gasteiger partial charge in [0.1, 0.15) is 6.26 Å². The highest BCUT2D eigenvalue weighted by Gasteiger charge is 2.03. The normalized spacial score (nSPS) is 10.7. The maximum atomic E-state index is 5.26. The third-order valence-corrected chi connectivity index (χ3v) is 2.75. The summed E-state index contributed by atoms with van der Waals surface area (Å²) in [5.74, 6) is 0.799. The molecule has 0 aliphatic heterocycles. The van der Waals surface area contributed by atoms with Crippen molar-refractivity contribution in [1.82, 2.24) is 9.97 Å². The Morgan fingerprint density at radius 3 is 2.71 bits per heavy atom. The minimum absolute atomic E-state index is 0.799. The average molecular weight is 208 g/mol. The zero-order valence-corrected chi connectivity index (χ0v) is 9.10. The van der Waals surface area contributed by atoms with E-state index in [1.807, 2.05) is 13.8 Å². The van der Waals surface area contributed by atoms with Crippen LogP contribution >= 0.6 is 11.3 Å². The predicted molar refractivity (Wildman–Crippen MR) is 55.5 cm³/mol. The molecule has 2 aromatic heterocycles. The van der Waals surface area contributed by atoms with Crippen LogP contribution in [0.1, 0.15) is 22.3 Å². The van der Waals surface area contributed by atoms with Gasteiger partial charge in [-0.2, -0.15) is 0 Å². The van der Waals surface area contributed by atoms with Gasteiger partial charge in [0, 0.05) is 11.8 Å². The van der Waals surface area contributed by atoms with Crippen LogP contribution in [0.2, 0.25) is 0 Å². The third-order valence-electron chi connectivity index (χ3n) is 1.93. The molecule has 0 saturated carbocycles. The second kappa shape index (κ2) is 3.92. The molecule has 0 saturated heterocycles. The summed E-state index contributed by atoms with van der Waals surface area (Å²) in [5.41, 5.74) is 2.07. The number of aromatic nitrogens is 2. The second-order valence-electron chi connectivity index (χ2n) is 3.24.